The van der Waals surface area contributed by atoms with Crippen molar-refractivity contribution in [3.05, 3.63) is 82.3 Å². The van der Waals surface area contributed by atoms with Crippen molar-refractivity contribution < 1.29 is 9.53 Å². The third-order valence-corrected chi connectivity index (χ3v) is 4.83. The first kappa shape index (κ1) is 18.1. The van der Waals surface area contributed by atoms with Gasteiger partial charge in [0.05, 0.1) is 11.2 Å². The van der Waals surface area contributed by atoms with E-state index in [-0.39, 0.29) is 5.91 Å². The number of amides is 1. The summed E-state index contributed by atoms with van der Waals surface area (Å²) in [6.45, 7) is 3.22. The highest BCUT2D eigenvalue weighted by molar-refractivity contribution is 7.07. The Kier molecular flexibility index (Phi) is 6.39. The van der Waals surface area contributed by atoms with Crippen LogP contribution in [0.5, 0.6) is 5.75 Å². The fraction of sp³-hybridized carbons (Fsp3) is 0.238. The molecule has 3 aromatic rings. The number of nitrogens with zero attached hydrogens (tertiary/aromatic N) is 1. The van der Waals surface area contributed by atoms with Gasteiger partial charge < -0.3 is 10.1 Å². The molecule has 5 heteroatoms. The van der Waals surface area contributed by atoms with Crippen LogP contribution in [0.1, 0.15) is 40.9 Å². The zero-order valence-corrected chi connectivity index (χ0v) is 15.5. The zero-order valence-electron chi connectivity index (χ0n) is 14.7. The van der Waals surface area contributed by atoms with Gasteiger partial charge in [0.25, 0.3) is 5.91 Å². The summed E-state index contributed by atoms with van der Waals surface area (Å²) in [5, 5.41) is 4.94. The molecule has 26 heavy (non-hydrogen) atoms. The van der Waals surface area contributed by atoms with Gasteiger partial charge in [-0.15, -0.1) is 11.3 Å². The molecule has 134 valence electrons. The number of aromatic nitrogens is 1. The smallest absolute Gasteiger partial charge is 0.251 e. The summed E-state index contributed by atoms with van der Waals surface area (Å²) in [4.78, 5) is 16.6. The van der Waals surface area contributed by atoms with Crippen molar-refractivity contribution in [1.29, 1.82) is 0 Å². The van der Waals surface area contributed by atoms with E-state index in [1.54, 1.807) is 17.6 Å². The van der Waals surface area contributed by atoms with Crippen LogP contribution in [0.2, 0.25) is 0 Å². The van der Waals surface area contributed by atoms with Gasteiger partial charge in [0.1, 0.15) is 12.4 Å². The van der Waals surface area contributed by atoms with Crippen LogP contribution < -0.4 is 10.1 Å². The van der Waals surface area contributed by atoms with E-state index in [4.69, 9.17) is 4.74 Å². The van der Waals surface area contributed by atoms with Crippen molar-refractivity contribution in [3.63, 3.8) is 0 Å². The molecule has 1 aromatic heterocycles. The largest absolute Gasteiger partial charge is 0.487 e. The Morgan fingerprint density at radius 3 is 2.81 bits per heavy atom. The van der Waals surface area contributed by atoms with E-state index in [0.717, 1.165) is 12.1 Å². The molecule has 0 aliphatic heterocycles. The number of thiazole rings is 1. The fourth-order valence-corrected chi connectivity index (χ4v) is 3.19. The second kappa shape index (κ2) is 9.15. The van der Waals surface area contributed by atoms with Gasteiger partial charge in [-0.3, -0.25) is 4.79 Å². The van der Waals surface area contributed by atoms with Crippen LogP contribution in [0.3, 0.4) is 0 Å². The number of benzene rings is 2. The van der Waals surface area contributed by atoms with Crippen molar-refractivity contribution in [3.8, 4) is 5.75 Å². The molecule has 3 rings (SSSR count). The molecule has 0 bridgehead atoms. The second-order valence-electron chi connectivity index (χ2n) is 6.15. The first-order chi connectivity index (χ1) is 12.7. The molecular weight excluding hydrogens is 344 g/mol. The SMILES string of the molecule is CC(CCNC(=O)c1cccc(OCc2cscn2)c1)c1ccccc1. The van der Waals surface area contributed by atoms with Crippen molar-refractivity contribution in [1.82, 2.24) is 10.3 Å². The third-order valence-electron chi connectivity index (χ3n) is 4.20. The topological polar surface area (TPSA) is 51.2 Å². The normalized spacial score (nSPS) is 11.7. The molecule has 4 nitrogen and oxygen atoms in total. The maximum Gasteiger partial charge on any atom is 0.251 e. The second-order valence-corrected chi connectivity index (χ2v) is 6.87. The monoisotopic (exact) mass is 366 g/mol. The molecule has 1 N–H and O–H groups in total. The van der Waals surface area contributed by atoms with E-state index < -0.39 is 0 Å². The molecule has 0 saturated heterocycles. The molecule has 0 spiro atoms. The van der Waals surface area contributed by atoms with E-state index in [1.807, 2.05) is 35.7 Å². The van der Waals surface area contributed by atoms with Gasteiger partial charge in [0.2, 0.25) is 0 Å². The Bertz CT molecular complexity index is 819. The predicted octanol–water partition coefficient (Wildman–Crippen LogP) is 4.65. The molecule has 0 radical (unpaired) electrons. The maximum atomic E-state index is 12.4. The molecule has 1 unspecified atom stereocenters. The van der Waals surface area contributed by atoms with Gasteiger partial charge in [-0.2, -0.15) is 0 Å². The van der Waals surface area contributed by atoms with Gasteiger partial charge in [0.15, 0.2) is 0 Å². The summed E-state index contributed by atoms with van der Waals surface area (Å²) in [7, 11) is 0. The molecule has 1 atom stereocenters. The number of hydrogen-bond acceptors (Lipinski definition) is 4. The van der Waals surface area contributed by atoms with E-state index in [9.17, 15) is 4.79 Å². The molecule has 0 aliphatic rings. The Morgan fingerprint density at radius 2 is 2.04 bits per heavy atom. The van der Waals surface area contributed by atoms with Crippen LogP contribution in [0.4, 0.5) is 0 Å². The lowest BCUT2D eigenvalue weighted by molar-refractivity contribution is 0.0952. The highest BCUT2D eigenvalue weighted by atomic mass is 32.1. The number of carbonyl (C=O) groups excluding carboxylic acids is 1. The minimum absolute atomic E-state index is 0.0793. The number of ether oxygens (including phenoxy) is 1. The first-order valence-corrected chi connectivity index (χ1v) is 9.60. The van der Waals surface area contributed by atoms with Crippen LogP contribution in [0.25, 0.3) is 0 Å². The Labute approximate surface area is 157 Å². The summed E-state index contributed by atoms with van der Waals surface area (Å²) in [5.74, 6) is 0.997. The average Bonchev–Trinajstić information content (AvgIpc) is 3.21. The minimum atomic E-state index is -0.0793. The van der Waals surface area contributed by atoms with Gasteiger partial charge >= 0.3 is 0 Å². The number of nitrogens with one attached hydrogen (secondary N) is 1. The van der Waals surface area contributed by atoms with Gasteiger partial charge in [-0.1, -0.05) is 43.3 Å². The molecule has 0 fully saturated rings. The summed E-state index contributed by atoms with van der Waals surface area (Å²) < 4.78 is 5.71. The van der Waals surface area contributed by atoms with Crippen LogP contribution >= 0.6 is 11.3 Å². The molecule has 0 aliphatic carbocycles. The van der Waals surface area contributed by atoms with Crippen LogP contribution in [-0.2, 0) is 6.61 Å². The standard InChI is InChI=1S/C21H22N2O2S/c1-16(17-6-3-2-4-7-17)10-11-22-21(24)18-8-5-9-20(12-18)25-13-19-14-26-15-23-19/h2-9,12,14-16H,10-11,13H2,1H3,(H,22,24). The molecule has 0 saturated carbocycles. The lowest BCUT2D eigenvalue weighted by Gasteiger charge is -2.13. The number of rotatable bonds is 8. The van der Waals surface area contributed by atoms with Crippen LogP contribution in [-0.4, -0.2) is 17.4 Å². The molecular formula is C21H22N2O2S. The summed E-state index contributed by atoms with van der Waals surface area (Å²) in [6, 6.07) is 17.6. The van der Waals surface area contributed by atoms with Crippen molar-refractivity contribution in [2.24, 2.45) is 0 Å². The van der Waals surface area contributed by atoms with Gasteiger partial charge in [-0.25, -0.2) is 4.98 Å². The quantitative estimate of drug-likeness (QED) is 0.631. The molecule has 2 aromatic carbocycles. The highest BCUT2D eigenvalue weighted by Crippen LogP contribution is 2.18. The zero-order chi connectivity index (χ0) is 18.2. The molecule has 1 heterocycles. The first-order valence-electron chi connectivity index (χ1n) is 8.65. The Morgan fingerprint density at radius 1 is 1.19 bits per heavy atom. The minimum Gasteiger partial charge on any atom is -0.487 e. The summed E-state index contributed by atoms with van der Waals surface area (Å²) in [5.41, 5.74) is 4.56. The number of carbonyl (C=O) groups is 1. The van der Waals surface area contributed by atoms with Crippen LogP contribution in [0.15, 0.2) is 65.5 Å². The average molecular weight is 366 g/mol. The highest BCUT2D eigenvalue weighted by Gasteiger charge is 2.09. The van der Waals surface area contributed by atoms with Crippen molar-refractivity contribution >= 4 is 17.2 Å². The Hall–Kier alpha value is -2.66. The third kappa shape index (κ3) is 5.17. The summed E-state index contributed by atoms with van der Waals surface area (Å²) in [6.07, 6.45) is 0.899. The lowest BCUT2D eigenvalue weighted by atomic mass is 9.98. The maximum absolute atomic E-state index is 12.4. The molecule has 1 amide bonds. The Balaban J connectivity index is 1.49. The van der Waals surface area contributed by atoms with E-state index in [0.29, 0.717) is 30.4 Å². The fourth-order valence-electron chi connectivity index (χ4n) is 2.65. The van der Waals surface area contributed by atoms with E-state index in [2.05, 4.69) is 29.4 Å². The van der Waals surface area contributed by atoms with Gasteiger partial charge in [-0.05, 0) is 36.1 Å². The van der Waals surface area contributed by atoms with Crippen molar-refractivity contribution in [2.45, 2.75) is 25.9 Å². The number of hydrogen-bond donors (Lipinski definition) is 1. The summed E-state index contributed by atoms with van der Waals surface area (Å²) >= 11 is 1.54. The van der Waals surface area contributed by atoms with E-state index >= 15 is 0 Å². The lowest BCUT2D eigenvalue weighted by Crippen LogP contribution is -2.25. The van der Waals surface area contributed by atoms with Crippen molar-refractivity contribution in [2.75, 3.05) is 6.54 Å². The van der Waals surface area contributed by atoms with E-state index in [1.165, 1.54) is 16.9 Å². The predicted molar refractivity (Wildman–Crippen MR) is 105 cm³/mol. The van der Waals surface area contributed by atoms with Crippen LogP contribution in [0, 0.1) is 0 Å². The van der Waals surface area contributed by atoms with Gasteiger partial charge in [0, 0.05) is 17.5 Å².